The van der Waals surface area contributed by atoms with E-state index in [4.69, 9.17) is 10.0 Å². The highest BCUT2D eigenvalue weighted by atomic mass is 32.1. The van der Waals surface area contributed by atoms with Crippen LogP contribution in [0.2, 0.25) is 0 Å². The number of hydrogen-bond donors (Lipinski definition) is 2. The summed E-state index contributed by atoms with van der Waals surface area (Å²) in [5.74, 6) is 0. The van der Waals surface area contributed by atoms with Gasteiger partial charge in [-0.05, 0) is 11.4 Å². The Balaban J connectivity index is 0.000000236. The van der Waals surface area contributed by atoms with Crippen molar-refractivity contribution in [1.29, 1.82) is 0 Å². The summed E-state index contributed by atoms with van der Waals surface area (Å²) in [6.07, 6.45) is 1.85. The van der Waals surface area contributed by atoms with E-state index in [0.717, 1.165) is 0 Å². The molecule has 0 fully saturated rings. The van der Waals surface area contributed by atoms with Gasteiger partial charge in [0.15, 0.2) is 0 Å². The van der Waals surface area contributed by atoms with Crippen LogP contribution in [-0.4, -0.2) is 17.7 Å². The topological polar surface area (TPSA) is 40.5 Å². The van der Waals surface area contributed by atoms with Crippen molar-refractivity contribution in [2.75, 3.05) is 0 Å². The normalized spacial score (nSPS) is 7.40. The predicted molar refractivity (Wildman–Crippen MR) is 46.0 cm³/mol. The van der Waals surface area contributed by atoms with Crippen LogP contribution in [0.1, 0.15) is 4.88 Å². The van der Waals surface area contributed by atoms with Crippen molar-refractivity contribution in [2.45, 2.75) is 0 Å². The second-order valence-corrected chi connectivity index (χ2v) is 2.34. The zero-order chi connectivity index (χ0) is 7.82. The van der Waals surface area contributed by atoms with Gasteiger partial charge in [-0.3, -0.25) is 0 Å². The minimum Gasteiger partial charge on any atom is -0.430 e. The summed E-state index contributed by atoms with van der Waals surface area (Å²) in [6, 6.07) is 4.05. The Hall–Kier alpha value is -0.575. The first kappa shape index (κ1) is 9.42. The molecule has 2 nitrogen and oxygen atoms in total. The molecule has 0 aliphatic rings. The van der Waals surface area contributed by atoms with Crippen molar-refractivity contribution in [3.63, 3.8) is 0 Å². The molecule has 1 heterocycles. The van der Waals surface area contributed by atoms with Crippen LogP contribution in [0.15, 0.2) is 24.1 Å². The highest BCUT2D eigenvalue weighted by Crippen LogP contribution is 2.07. The highest BCUT2D eigenvalue weighted by molar-refractivity contribution is 7.10. The lowest BCUT2D eigenvalue weighted by molar-refractivity contribution is 0.448. The summed E-state index contributed by atoms with van der Waals surface area (Å²) < 4.78 is 0. The van der Waals surface area contributed by atoms with Gasteiger partial charge in [-0.15, -0.1) is 11.3 Å². The molecule has 0 radical (unpaired) electrons. The molecule has 0 aromatic carbocycles. The maximum absolute atomic E-state index is 7.12. The van der Waals surface area contributed by atoms with Gasteiger partial charge >= 0.3 is 7.69 Å². The van der Waals surface area contributed by atoms with Crippen LogP contribution in [0.25, 0.3) is 6.08 Å². The van der Waals surface area contributed by atoms with Gasteiger partial charge in [-0.2, -0.15) is 0 Å². The molecule has 0 aliphatic carbocycles. The first-order valence-corrected chi connectivity index (χ1v) is 3.60. The molecule has 0 atom stereocenters. The smallest absolute Gasteiger partial charge is 0.430 e. The third-order valence-electron chi connectivity index (χ3n) is 0.744. The molecule has 0 unspecified atom stereocenters. The van der Waals surface area contributed by atoms with Crippen LogP contribution >= 0.6 is 11.3 Å². The van der Waals surface area contributed by atoms with Crippen LogP contribution in [0, 0.1) is 0 Å². The van der Waals surface area contributed by atoms with E-state index >= 15 is 0 Å². The minimum atomic E-state index is -0.750. The molecule has 1 aromatic heterocycles. The SMILES string of the molecule is C=Cc1cccs1.OBO. The van der Waals surface area contributed by atoms with Gasteiger partial charge in [-0.1, -0.05) is 18.7 Å². The Morgan fingerprint density at radius 3 is 2.40 bits per heavy atom. The Labute approximate surface area is 64.8 Å². The van der Waals surface area contributed by atoms with Crippen molar-refractivity contribution in [2.24, 2.45) is 0 Å². The molecule has 2 N–H and O–H groups in total. The molecule has 54 valence electrons. The van der Waals surface area contributed by atoms with E-state index in [1.54, 1.807) is 11.3 Å². The Morgan fingerprint density at radius 1 is 1.60 bits per heavy atom. The lowest BCUT2D eigenvalue weighted by Crippen LogP contribution is -1.75. The molecule has 1 rings (SSSR count). The minimum absolute atomic E-state index is 0.750. The van der Waals surface area contributed by atoms with E-state index in [0.29, 0.717) is 0 Å². The molecule has 0 amide bonds. The summed E-state index contributed by atoms with van der Waals surface area (Å²) in [6.45, 7) is 3.61. The average molecular weight is 156 g/mol. The summed E-state index contributed by atoms with van der Waals surface area (Å²) in [5.41, 5.74) is 0. The summed E-state index contributed by atoms with van der Waals surface area (Å²) in [7, 11) is -0.750. The zero-order valence-corrected chi connectivity index (χ0v) is 6.34. The second-order valence-electron chi connectivity index (χ2n) is 1.36. The van der Waals surface area contributed by atoms with Crippen molar-refractivity contribution < 1.29 is 10.0 Å². The lowest BCUT2D eigenvalue weighted by atomic mass is 10.5. The fourth-order valence-corrected chi connectivity index (χ4v) is 0.975. The maximum Gasteiger partial charge on any atom is 0.432 e. The third-order valence-corrected chi connectivity index (χ3v) is 1.61. The van der Waals surface area contributed by atoms with Crippen molar-refractivity contribution in [3.05, 3.63) is 29.0 Å². The van der Waals surface area contributed by atoms with Gasteiger partial charge < -0.3 is 10.0 Å². The van der Waals surface area contributed by atoms with E-state index in [9.17, 15) is 0 Å². The second kappa shape index (κ2) is 6.54. The van der Waals surface area contributed by atoms with Gasteiger partial charge in [0.25, 0.3) is 0 Å². The summed E-state index contributed by atoms with van der Waals surface area (Å²) >= 11 is 1.70. The summed E-state index contributed by atoms with van der Waals surface area (Å²) in [4.78, 5) is 1.24. The summed E-state index contributed by atoms with van der Waals surface area (Å²) in [5, 5.41) is 16.3. The lowest BCUT2D eigenvalue weighted by Gasteiger charge is -1.71. The van der Waals surface area contributed by atoms with Crippen molar-refractivity contribution >= 4 is 25.1 Å². The molecular weight excluding hydrogens is 147 g/mol. The fourth-order valence-electron chi connectivity index (χ4n) is 0.407. The van der Waals surface area contributed by atoms with Gasteiger partial charge in [-0.25, -0.2) is 0 Å². The van der Waals surface area contributed by atoms with Crippen LogP contribution in [0.3, 0.4) is 0 Å². The Bertz CT molecular complexity index is 162. The van der Waals surface area contributed by atoms with Gasteiger partial charge in [0.1, 0.15) is 0 Å². The molecule has 0 spiro atoms. The highest BCUT2D eigenvalue weighted by Gasteiger charge is 1.78. The molecule has 0 aliphatic heterocycles. The quantitative estimate of drug-likeness (QED) is 0.585. The van der Waals surface area contributed by atoms with Gasteiger partial charge in [0.05, 0.1) is 0 Å². The van der Waals surface area contributed by atoms with E-state index in [1.165, 1.54) is 4.88 Å². The molecule has 1 aromatic rings. The number of rotatable bonds is 1. The Kier molecular flexibility index (Phi) is 6.17. The van der Waals surface area contributed by atoms with Crippen molar-refractivity contribution in [3.8, 4) is 0 Å². The predicted octanol–water partition coefficient (Wildman–Crippen LogP) is 0.629. The fraction of sp³-hybridized carbons (Fsp3) is 0. The zero-order valence-electron chi connectivity index (χ0n) is 5.53. The molecule has 0 bridgehead atoms. The van der Waals surface area contributed by atoms with E-state index in [-0.39, 0.29) is 0 Å². The largest absolute Gasteiger partial charge is 0.432 e. The van der Waals surface area contributed by atoms with Crippen LogP contribution in [0.4, 0.5) is 0 Å². The number of hydrogen-bond acceptors (Lipinski definition) is 3. The van der Waals surface area contributed by atoms with Crippen LogP contribution < -0.4 is 0 Å². The molecule has 10 heavy (non-hydrogen) atoms. The van der Waals surface area contributed by atoms with Crippen LogP contribution in [-0.2, 0) is 0 Å². The molecular formula is C6H9BO2S. The molecule has 0 saturated heterocycles. The Morgan fingerprint density at radius 2 is 2.20 bits per heavy atom. The first-order valence-electron chi connectivity index (χ1n) is 2.72. The van der Waals surface area contributed by atoms with E-state index < -0.39 is 7.69 Å². The number of thiophene rings is 1. The van der Waals surface area contributed by atoms with E-state index in [1.807, 2.05) is 23.6 Å². The van der Waals surface area contributed by atoms with E-state index in [2.05, 4.69) is 6.58 Å². The standard InChI is InChI=1S/C6H6S.BH3O2/c1-2-6-4-3-5-7-6;2-1-3/h2-5H,1H2;1-3H. The monoisotopic (exact) mass is 156 g/mol. The average Bonchev–Trinajstić information content (AvgIpc) is 2.39. The first-order chi connectivity index (χ1) is 4.85. The van der Waals surface area contributed by atoms with Gasteiger partial charge in [0.2, 0.25) is 0 Å². The van der Waals surface area contributed by atoms with Crippen molar-refractivity contribution in [1.82, 2.24) is 0 Å². The van der Waals surface area contributed by atoms with Crippen LogP contribution in [0.5, 0.6) is 0 Å². The third kappa shape index (κ3) is 4.32. The molecule has 0 saturated carbocycles. The maximum atomic E-state index is 7.12. The van der Waals surface area contributed by atoms with Gasteiger partial charge in [0, 0.05) is 4.88 Å². The molecule has 4 heteroatoms.